The molecule has 1 aliphatic rings. The van der Waals surface area contributed by atoms with Gasteiger partial charge in [0, 0.05) is 31.9 Å². The minimum atomic E-state index is -0.130. The first kappa shape index (κ1) is 23.0. The Hall–Kier alpha value is -3.19. The lowest BCUT2D eigenvalue weighted by Crippen LogP contribution is -2.39. The van der Waals surface area contributed by atoms with Gasteiger partial charge in [-0.05, 0) is 49.1 Å². The third-order valence-corrected chi connectivity index (χ3v) is 6.87. The van der Waals surface area contributed by atoms with Crippen molar-refractivity contribution in [2.45, 2.75) is 39.8 Å². The molecule has 1 unspecified atom stereocenters. The summed E-state index contributed by atoms with van der Waals surface area (Å²) < 4.78 is 6.06. The molecule has 6 nitrogen and oxygen atoms in total. The molecule has 2 aromatic carbocycles. The first-order valence-electron chi connectivity index (χ1n) is 11.3. The number of ether oxygens (including phenoxy) is 1. The maximum atomic E-state index is 12.5. The summed E-state index contributed by atoms with van der Waals surface area (Å²) in [5.74, 6) is 0.743. The molecular weight excluding hydrogens is 434 g/mol. The predicted molar refractivity (Wildman–Crippen MR) is 130 cm³/mol. The van der Waals surface area contributed by atoms with Gasteiger partial charge in [0.1, 0.15) is 23.1 Å². The molecule has 3 aromatic rings. The molecule has 2 amide bonds. The highest BCUT2D eigenvalue weighted by atomic mass is 32.1. The second-order valence-electron chi connectivity index (χ2n) is 8.03. The molecule has 0 fully saturated rings. The van der Waals surface area contributed by atoms with Gasteiger partial charge in [-0.25, -0.2) is 4.98 Å². The Morgan fingerprint density at radius 2 is 1.91 bits per heavy atom. The van der Waals surface area contributed by atoms with E-state index >= 15 is 0 Å². The van der Waals surface area contributed by atoms with Crippen LogP contribution in [0.1, 0.15) is 59.0 Å². The summed E-state index contributed by atoms with van der Waals surface area (Å²) in [4.78, 5) is 33.1. The van der Waals surface area contributed by atoms with E-state index in [2.05, 4.69) is 23.2 Å². The quantitative estimate of drug-likeness (QED) is 0.510. The van der Waals surface area contributed by atoms with Gasteiger partial charge >= 0.3 is 0 Å². The molecule has 0 saturated carbocycles. The van der Waals surface area contributed by atoms with E-state index in [0.717, 1.165) is 28.3 Å². The van der Waals surface area contributed by atoms with Crippen molar-refractivity contribution >= 4 is 23.2 Å². The van der Waals surface area contributed by atoms with Gasteiger partial charge in [-0.15, -0.1) is 11.3 Å². The van der Waals surface area contributed by atoms with E-state index in [0.29, 0.717) is 31.9 Å². The van der Waals surface area contributed by atoms with Gasteiger partial charge in [-0.3, -0.25) is 9.59 Å². The van der Waals surface area contributed by atoms with Crippen LogP contribution in [0.5, 0.6) is 5.75 Å². The zero-order valence-corrected chi connectivity index (χ0v) is 20.1. The third-order valence-electron chi connectivity index (χ3n) is 6.05. The molecule has 0 saturated heterocycles. The number of carbonyl (C=O) groups is 2. The van der Waals surface area contributed by atoms with Crippen LogP contribution in [-0.2, 0) is 17.8 Å². The van der Waals surface area contributed by atoms with Crippen LogP contribution >= 0.6 is 11.3 Å². The van der Waals surface area contributed by atoms with Crippen molar-refractivity contribution in [1.82, 2.24) is 14.8 Å². The summed E-state index contributed by atoms with van der Waals surface area (Å²) in [6.45, 7) is 7.86. The molecule has 0 bridgehead atoms. The van der Waals surface area contributed by atoms with Crippen LogP contribution in [-0.4, -0.2) is 46.2 Å². The number of hydrogen-bond acceptors (Lipinski definition) is 5. The Balaban J connectivity index is 1.54. The van der Waals surface area contributed by atoms with E-state index in [9.17, 15) is 9.59 Å². The zero-order valence-electron chi connectivity index (χ0n) is 19.3. The average molecular weight is 464 g/mol. The van der Waals surface area contributed by atoms with Gasteiger partial charge in [-0.1, -0.05) is 36.4 Å². The van der Waals surface area contributed by atoms with E-state index in [1.54, 1.807) is 17.2 Å². The summed E-state index contributed by atoms with van der Waals surface area (Å²) in [7, 11) is 0. The van der Waals surface area contributed by atoms with Gasteiger partial charge in [0.15, 0.2) is 0 Å². The summed E-state index contributed by atoms with van der Waals surface area (Å²) >= 11 is 1.43. The van der Waals surface area contributed by atoms with Crippen molar-refractivity contribution in [2.24, 2.45) is 0 Å². The van der Waals surface area contributed by atoms with E-state index in [1.165, 1.54) is 16.9 Å². The molecule has 4 rings (SSSR count). The molecule has 0 N–H and O–H groups in total. The van der Waals surface area contributed by atoms with Gasteiger partial charge < -0.3 is 14.5 Å². The zero-order chi connectivity index (χ0) is 23.4. The van der Waals surface area contributed by atoms with Gasteiger partial charge in [0.05, 0.1) is 6.04 Å². The Morgan fingerprint density at radius 3 is 2.61 bits per heavy atom. The van der Waals surface area contributed by atoms with Crippen molar-refractivity contribution in [3.8, 4) is 5.75 Å². The predicted octanol–water partition coefficient (Wildman–Crippen LogP) is 4.70. The standard InChI is InChI=1S/C26H29N3O3S/c1-4-28(5-2)26(31)23-17-33-24(27-23)16-32-21-12-11-19-13-14-29(18(3)30)25(22(19)15-21)20-9-7-6-8-10-20/h6-12,15,17,25H,4-5,13-14,16H2,1-3H3. The van der Waals surface area contributed by atoms with Crippen LogP contribution in [0.15, 0.2) is 53.9 Å². The van der Waals surface area contributed by atoms with Crippen LogP contribution in [0, 0.1) is 0 Å². The van der Waals surface area contributed by atoms with E-state index < -0.39 is 0 Å². The Morgan fingerprint density at radius 1 is 1.15 bits per heavy atom. The molecule has 1 aromatic heterocycles. The van der Waals surface area contributed by atoms with Crippen molar-refractivity contribution in [1.29, 1.82) is 0 Å². The molecule has 0 radical (unpaired) electrons. The first-order valence-corrected chi connectivity index (χ1v) is 12.2. The third kappa shape index (κ3) is 4.93. The minimum absolute atomic E-state index is 0.0497. The molecule has 0 aliphatic carbocycles. The molecule has 1 atom stereocenters. The first-order chi connectivity index (χ1) is 16.0. The summed E-state index contributed by atoms with van der Waals surface area (Å²) in [5, 5.41) is 2.55. The number of fused-ring (bicyclic) bond motifs is 1. The fraction of sp³-hybridized carbons (Fsp3) is 0.346. The second-order valence-corrected chi connectivity index (χ2v) is 8.97. The smallest absolute Gasteiger partial charge is 0.273 e. The number of amides is 2. The SMILES string of the molecule is CCN(CC)C(=O)c1csc(COc2ccc3c(c2)C(c2ccccc2)N(C(C)=O)CC3)n1. The molecule has 1 aliphatic heterocycles. The highest BCUT2D eigenvalue weighted by molar-refractivity contribution is 7.09. The van der Waals surface area contributed by atoms with Crippen molar-refractivity contribution < 1.29 is 14.3 Å². The van der Waals surface area contributed by atoms with Gasteiger partial charge in [0.2, 0.25) is 5.91 Å². The molecule has 172 valence electrons. The number of thiazole rings is 1. The van der Waals surface area contributed by atoms with Crippen LogP contribution in [0.4, 0.5) is 0 Å². The molecular formula is C26H29N3O3S. The molecule has 33 heavy (non-hydrogen) atoms. The van der Waals surface area contributed by atoms with E-state index in [4.69, 9.17) is 4.74 Å². The van der Waals surface area contributed by atoms with Crippen molar-refractivity contribution in [2.75, 3.05) is 19.6 Å². The highest BCUT2D eigenvalue weighted by Gasteiger charge is 2.30. The number of benzene rings is 2. The van der Waals surface area contributed by atoms with Crippen LogP contribution in [0.2, 0.25) is 0 Å². The second kappa shape index (κ2) is 10.2. The Kier molecular flexibility index (Phi) is 7.08. The normalized spacial score (nSPS) is 15.1. The molecule has 2 heterocycles. The lowest BCUT2D eigenvalue weighted by molar-refractivity contribution is -0.130. The number of nitrogens with zero attached hydrogens (tertiary/aromatic N) is 3. The number of carbonyl (C=O) groups excluding carboxylic acids is 2. The largest absolute Gasteiger partial charge is 0.486 e. The van der Waals surface area contributed by atoms with Gasteiger partial charge in [-0.2, -0.15) is 0 Å². The average Bonchev–Trinajstić information content (AvgIpc) is 3.32. The fourth-order valence-electron chi connectivity index (χ4n) is 4.31. The maximum Gasteiger partial charge on any atom is 0.273 e. The number of hydrogen-bond donors (Lipinski definition) is 0. The van der Waals surface area contributed by atoms with Crippen LogP contribution in [0.3, 0.4) is 0 Å². The lowest BCUT2D eigenvalue weighted by atomic mass is 9.88. The van der Waals surface area contributed by atoms with Crippen molar-refractivity contribution in [3.05, 3.63) is 81.3 Å². The minimum Gasteiger partial charge on any atom is -0.486 e. The Labute approximate surface area is 198 Å². The maximum absolute atomic E-state index is 12.5. The topological polar surface area (TPSA) is 62.7 Å². The molecule has 0 spiro atoms. The summed E-state index contributed by atoms with van der Waals surface area (Å²) in [6, 6.07) is 16.1. The van der Waals surface area contributed by atoms with Crippen LogP contribution < -0.4 is 4.74 Å². The monoisotopic (exact) mass is 463 g/mol. The Bertz CT molecular complexity index is 1120. The molecule has 7 heteroatoms. The van der Waals surface area contributed by atoms with Gasteiger partial charge in [0.25, 0.3) is 5.91 Å². The summed E-state index contributed by atoms with van der Waals surface area (Å²) in [6.07, 6.45) is 0.821. The number of aromatic nitrogens is 1. The summed E-state index contributed by atoms with van der Waals surface area (Å²) in [5.41, 5.74) is 3.88. The van der Waals surface area contributed by atoms with E-state index in [1.807, 2.05) is 49.1 Å². The number of rotatable bonds is 7. The van der Waals surface area contributed by atoms with Crippen LogP contribution in [0.25, 0.3) is 0 Å². The fourth-order valence-corrected chi connectivity index (χ4v) is 4.99. The van der Waals surface area contributed by atoms with Crippen molar-refractivity contribution in [3.63, 3.8) is 0 Å². The lowest BCUT2D eigenvalue weighted by Gasteiger charge is -2.37. The highest BCUT2D eigenvalue weighted by Crippen LogP contribution is 2.37. The van der Waals surface area contributed by atoms with E-state index in [-0.39, 0.29) is 17.9 Å².